The van der Waals surface area contributed by atoms with E-state index in [9.17, 15) is 16.8 Å². The van der Waals surface area contributed by atoms with E-state index < -0.39 is 20.0 Å². The van der Waals surface area contributed by atoms with Crippen molar-refractivity contribution in [3.63, 3.8) is 0 Å². The Bertz CT molecular complexity index is 1510. The average Bonchev–Trinajstić information content (AvgIpc) is 2.96. The number of hydrogen-bond donors (Lipinski definition) is 0. The zero-order valence-electron chi connectivity index (χ0n) is 25.2. The molecule has 0 aliphatic heterocycles. The fourth-order valence-corrected chi connectivity index (χ4v) is 5.55. The van der Waals surface area contributed by atoms with Crippen LogP contribution in [0.3, 0.4) is 0 Å². The van der Waals surface area contributed by atoms with E-state index >= 15 is 0 Å². The van der Waals surface area contributed by atoms with Gasteiger partial charge in [-0.15, -0.1) is 0 Å². The molecule has 0 amide bonds. The molecule has 43 heavy (non-hydrogen) atoms. The molecule has 0 aliphatic carbocycles. The largest absolute Gasteiger partial charge is 2.00 e. The summed E-state index contributed by atoms with van der Waals surface area (Å²) in [5.74, 6) is 0. The molecule has 0 saturated carbocycles. The first kappa shape index (κ1) is 36.3. The maximum absolute atomic E-state index is 12.2. The van der Waals surface area contributed by atoms with Crippen LogP contribution in [-0.4, -0.2) is 26.8 Å². The van der Waals surface area contributed by atoms with Crippen molar-refractivity contribution in [3.8, 4) is 0 Å². The SMILES string of the molecule is CC(C)(C)c1ccc(S(=O)(=O)[N-]Cc2ccccn2)cc1.CC(C)(C)c1ccc(S(=O)(=O)[N-]Cc2ccccn2)cc1.[Co+2]. The summed E-state index contributed by atoms with van der Waals surface area (Å²) >= 11 is 0. The first-order valence-electron chi connectivity index (χ1n) is 13.5. The van der Waals surface area contributed by atoms with E-state index in [2.05, 4.69) is 61.0 Å². The van der Waals surface area contributed by atoms with Crippen LogP contribution in [0.4, 0.5) is 0 Å². The van der Waals surface area contributed by atoms with Crippen LogP contribution in [0, 0.1) is 0 Å². The van der Waals surface area contributed by atoms with E-state index in [0.29, 0.717) is 11.4 Å². The Morgan fingerprint density at radius 2 is 0.860 bits per heavy atom. The second-order valence-electron chi connectivity index (χ2n) is 11.7. The van der Waals surface area contributed by atoms with Gasteiger partial charge in [0.2, 0.25) is 0 Å². The molecule has 0 unspecified atom stereocenters. The van der Waals surface area contributed by atoms with E-state index in [0.717, 1.165) is 11.1 Å². The molecule has 231 valence electrons. The first-order valence-corrected chi connectivity index (χ1v) is 16.3. The quantitative estimate of drug-likeness (QED) is 0.195. The van der Waals surface area contributed by atoms with Gasteiger partial charge in [-0.2, -0.15) is 0 Å². The summed E-state index contributed by atoms with van der Waals surface area (Å²) in [6.45, 7) is 12.6. The van der Waals surface area contributed by atoms with E-state index in [1.807, 2.05) is 36.4 Å². The smallest absolute Gasteiger partial charge is 0.540 e. The number of rotatable bonds is 8. The number of nitrogens with zero attached hydrogens (tertiary/aromatic N) is 4. The van der Waals surface area contributed by atoms with Crippen LogP contribution in [0.1, 0.15) is 64.1 Å². The summed E-state index contributed by atoms with van der Waals surface area (Å²) in [5.41, 5.74) is 3.43. The van der Waals surface area contributed by atoms with Crippen LogP contribution >= 0.6 is 0 Å². The second-order valence-corrected chi connectivity index (χ2v) is 15.1. The van der Waals surface area contributed by atoms with Gasteiger partial charge in [-0.3, -0.25) is 9.97 Å². The van der Waals surface area contributed by atoms with Gasteiger partial charge in [0.25, 0.3) is 0 Å². The molecule has 0 N–H and O–H groups in total. The third-order valence-corrected chi connectivity index (χ3v) is 8.96. The number of aromatic nitrogens is 2. The fourth-order valence-electron chi connectivity index (χ4n) is 3.69. The van der Waals surface area contributed by atoms with Crippen molar-refractivity contribution in [3.05, 3.63) is 129 Å². The number of pyridine rings is 2. The van der Waals surface area contributed by atoms with Crippen LogP contribution in [0.5, 0.6) is 0 Å². The Morgan fingerprint density at radius 3 is 1.12 bits per heavy atom. The molecule has 11 heteroatoms. The van der Waals surface area contributed by atoms with Crippen LogP contribution in [0.25, 0.3) is 9.44 Å². The van der Waals surface area contributed by atoms with E-state index in [4.69, 9.17) is 0 Å². The number of hydrogen-bond acceptors (Lipinski definition) is 6. The summed E-state index contributed by atoms with van der Waals surface area (Å²) in [7, 11) is -7.27. The Balaban J connectivity index is 0.000000293. The third kappa shape index (κ3) is 11.3. The van der Waals surface area contributed by atoms with Gasteiger partial charge < -0.3 is 9.44 Å². The van der Waals surface area contributed by atoms with Gasteiger partial charge in [0, 0.05) is 33.6 Å². The fraction of sp³-hybridized carbons (Fsp3) is 0.312. The van der Waals surface area contributed by atoms with Gasteiger partial charge in [-0.1, -0.05) is 91.0 Å². The zero-order chi connectivity index (χ0) is 31.0. The molecular formula is C32H38CoN4O4S2. The van der Waals surface area contributed by atoms with E-state index in [1.165, 1.54) is 0 Å². The molecule has 0 bridgehead atoms. The summed E-state index contributed by atoms with van der Waals surface area (Å²) in [5, 5.41) is 0. The van der Waals surface area contributed by atoms with Crippen LogP contribution < -0.4 is 0 Å². The molecule has 2 aromatic carbocycles. The van der Waals surface area contributed by atoms with Crippen molar-refractivity contribution in [2.75, 3.05) is 0 Å². The minimum Gasteiger partial charge on any atom is -0.540 e. The summed E-state index contributed by atoms with van der Waals surface area (Å²) in [6.07, 6.45) is 3.24. The first-order chi connectivity index (χ1) is 19.6. The standard InChI is InChI=1S/2C16H19N2O2S.Co/c2*1-16(2,3)13-7-9-15(10-8-13)21(19,20)18-12-14-6-4-5-11-17-14;/h2*4-11H,12H2,1-3H3;/q2*-1;+2. The minimum atomic E-state index is -3.64. The molecule has 0 spiro atoms. The molecule has 2 aromatic heterocycles. The van der Waals surface area contributed by atoms with Crippen LogP contribution in [0.2, 0.25) is 0 Å². The molecule has 0 aliphatic rings. The Kier molecular flexibility index (Phi) is 12.8. The maximum atomic E-state index is 12.2. The van der Waals surface area contributed by atoms with Gasteiger partial charge in [0.1, 0.15) is 20.0 Å². The van der Waals surface area contributed by atoms with Crippen LogP contribution in [-0.2, 0) is 60.7 Å². The van der Waals surface area contributed by atoms with Gasteiger partial charge in [-0.25, -0.2) is 16.8 Å². The molecule has 0 fully saturated rings. The Labute approximate surface area is 267 Å². The topological polar surface area (TPSA) is 122 Å². The van der Waals surface area contributed by atoms with Crippen molar-refractivity contribution < 1.29 is 33.6 Å². The van der Waals surface area contributed by atoms with Crippen molar-refractivity contribution >= 4 is 20.0 Å². The molecule has 4 rings (SSSR count). The molecule has 4 aromatic rings. The zero-order valence-corrected chi connectivity index (χ0v) is 27.9. The predicted molar refractivity (Wildman–Crippen MR) is 167 cm³/mol. The van der Waals surface area contributed by atoms with E-state index in [-0.39, 0.29) is 50.5 Å². The van der Waals surface area contributed by atoms with Gasteiger partial charge in [0.05, 0.1) is 0 Å². The monoisotopic (exact) mass is 665 g/mol. The van der Waals surface area contributed by atoms with Gasteiger partial charge in [-0.05, 0) is 70.5 Å². The van der Waals surface area contributed by atoms with Crippen LogP contribution in [0.15, 0.2) is 107 Å². The average molecular weight is 666 g/mol. The Hall–Kier alpha value is -2.93. The molecule has 8 nitrogen and oxygen atoms in total. The molecular weight excluding hydrogens is 627 g/mol. The van der Waals surface area contributed by atoms with Gasteiger partial charge >= 0.3 is 16.8 Å². The minimum absolute atomic E-state index is 0. The number of sulfonamides is 2. The molecule has 1 radical (unpaired) electrons. The molecule has 2 heterocycles. The van der Waals surface area contributed by atoms with Crippen molar-refractivity contribution in [1.29, 1.82) is 0 Å². The second kappa shape index (κ2) is 15.2. The molecule has 0 saturated heterocycles. The van der Waals surface area contributed by atoms with E-state index in [1.54, 1.807) is 60.9 Å². The maximum Gasteiger partial charge on any atom is 2.00 e. The van der Waals surface area contributed by atoms with Crippen molar-refractivity contribution in [2.45, 2.75) is 75.3 Å². The third-order valence-electron chi connectivity index (χ3n) is 6.28. The van der Waals surface area contributed by atoms with Crippen molar-refractivity contribution in [2.24, 2.45) is 0 Å². The number of benzene rings is 2. The normalized spacial score (nSPS) is 12.0. The Morgan fingerprint density at radius 1 is 0.535 bits per heavy atom. The molecule has 0 atom stereocenters. The van der Waals surface area contributed by atoms with Gasteiger partial charge in [0.15, 0.2) is 0 Å². The van der Waals surface area contributed by atoms with Crippen molar-refractivity contribution in [1.82, 2.24) is 9.97 Å². The summed E-state index contributed by atoms with van der Waals surface area (Å²) in [6, 6.07) is 24.5. The summed E-state index contributed by atoms with van der Waals surface area (Å²) in [4.78, 5) is 8.56. The predicted octanol–water partition coefficient (Wildman–Crippen LogP) is 7.28. The summed E-state index contributed by atoms with van der Waals surface area (Å²) < 4.78 is 56.3.